The van der Waals surface area contributed by atoms with Crippen molar-refractivity contribution in [3.63, 3.8) is 0 Å². The molecule has 0 aliphatic heterocycles. The van der Waals surface area contributed by atoms with E-state index >= 15 is 0 Å². The normalized spacial score (nSPS) is 10.9. The second-order valence-electron chi connectivity index (χ2n) is 5.34. The standard InChI is InChI=1S/C17H22N2O2/c1-13(2)15-7-5-14(6-8-15)12-21-16-4-3-10-19(11-9-18)17(16)20/h3-8,10,13H,9,11-12,18H2,1-2H3. The van der Waals surface area contributed by atoms with Crippen molar-refractivity contribution in [1.82, 2.24) is 4.57 Å². The monoisotopic (exact) mass is 286 g/mol. The Morgan fingerprint density at radius 2 is 1.90 bits per heavy atom. The summed E-state index contributed by atoms with van der Waals surface area (Å²) in [6.07, 6.45) is 1.72. The Hall–Kier alpha value is -2.07. The number of ether oxygens (including phenoxy) is 1. The summed E-state index contributed by atoms with van der Waals surface area (Å²) in [6.45, 7) is 5.64. The molecule has 1 aromatic carbocycles. The molecule has 0 spiro atoms. The first-order chi connectivity index (χ1) is 10.1. The summed E-state index contributed by atoms with van der Waals surface area (Å²) >= 11 is 0. The first-order valence-electron chi connectivity index (χ1n) is 7.23. The minimum absolute atomic E-state index is 0.137. The number of benzene rings is 1. The lowest BCUT2D eigenvalue weighted by molar-refractivity contribution is 0.299. The van der Waals surface area contributed by atoms with Crippen molar-refractivity contribution in [3.05, 3.63) is 64.1 Å². The molecule has 2 aromatic rings. The van der Waals surface area contributed by atoms with Gasteiger partial charge in [-0.25, -0.2) is 0 Å². The van der Waals surface area contributed by atoms with Crippen LogP contribution in [0.15, 0.2) is 47.4 Å². The van der Waals surface area contributed by atoms with Crippen molar-refractivity contribution in [2.75, 3.05) is 6.54 Å². The average molecular weight is 286 g/mol. The largest absolute Gasteiger partial charge is 0.483 e. The molecule has 0 fully saturated rings. The van der Waals surface area contributed by atoms with Gasteiger partial charge in [0.15, 0.2) is 5.75 Å². The van der Waals surface area contributed by atoms with E-state index in [9.17, 15) is 4.79 Å². The number of rotatable bonds is 6. The third kappa shape index (κ3) is 3.95. The summed E-state index contributed by atoms with van der Waals surface area (Å²) in [7, 11) is 0. The summed E-state index contributed by atoms with van der Waals surface area (Å²) in [5.74, 6) is 0.872. The Morgan fingerprint density at radius 1 is 1.19 bits per heavy atom. The molecule has 0 saturated carbocycles. The number of aromatic nitrogens is 1. The Morgan fingerprint density at radius 3 is 2.52 bits per heavy atom. The van der Waals surface area contributed by atoms with Crippen molar-refractivity contribution in [2.45, 2.75) is 32.9 Å². The maximum absolute atomic E-state index is 12.1. The molecule has 112 valence electrons. The van der Waals surface area contributed by atoms with E-state index in [2.05, 4.69) is 26.0 Å². The van der Waals surface area contributed by atoms with Gasteiger partial charge in [-0.1, -0.05) is 38.1 Å². The van der Waals surface area contributed by atoms with E-state index in [-0.39, 0.29) is 5.56 Å². The van der Waals surface area contributed by atoms with E-state index in [1.807, 2.05) is 12.1 Å². The van der Waals surface area contributed by atoms with Gasteiger partial charge in [0.05, 0.1) is 0 Å². The fourth-order valence-electron chi connectivity index (χ4n) is 2.10. The van der Waals surface area contributed by atoms with Crippen LogP contribution < -0.4 is 16.0 Å². The zero-order valence-corrected chi connectivity index (χ0v) is 12.6. The number of pyridine rings is 1. The maximum atomic E-state index is 12.1. The van der Waals surface area contributed by atoms with Crippen LogP contribution in [0, 0.1) is 0 Å². The van der Waals surface area contributed by atoms with Crippen LogP contribution in [0.5, 0.6) is 5.75 Å². The van der Waals surface area contributed by atoms with Crippen LogP contribution in [0.25, 0.3) is 0 Å². The first-order valence-corrected chi connectivity index (χ1v) is 7.23. The van der Waals surface area contributed by atoms with Crippen LogP contribution in [-0.2, 0) is 13.2 Å². The Balaban J connectivity index is 2.06. The molecule has 4 nitrogen and oxygen atoms in total. The zero-order chi connectivity index (χ0) is 15.2. The van der Waals surface area contributed by atoms with Gasteiger partial charge in [-0.15, -0.1) is 0 Å². The number of hydrogen-bond donors (Lipinski definition) is 1. The predicted octanol–water partition coefficient (Wildman–Crippen LogP) is 2.51. The summed E-state index contributed by atoms with van der Waals surface area (Å²) in [6, 6.07) is 11.8. The Labute approximate surface area is 125 Å². The highest BCUT2D eigenvalue weighted by atomic mass is 16.5. The minimum atomic E-state index is -0.137. The Kier molecular flexibility index (Phi) is 5.17. The van der Waals surface area contributed by atoms with Crippen molar-refractivity contribution < 1.29 is 4.74 Å². The minimum Gasteiger partial charge on any atom is -0.483 e. The van der Waals surface area contributed by atoms with Crippen LogP contribution in [0.3, 0.4) is 0 Å². The molecule has 2 N–H and O–H groups in total. The van der Waals surface area contributed by atoms with Gasteiger partial charge in [-0.05, 0) is 29.2 Å². The van der Waals surface area contributed by atoms with Crippen LogP contribution in [0.1, 0.15) is 30.9 Å². The van der Waals surface area contributed by atoms with E-state index in [0.717, 1.165) is 5.56 Å². The quantitative estimate of drug-likeness (QED) is 0.887. The molecule has 2 rings (SSSR count). The van der Waals surface area contributed by atoms with Crippen molar-refractivity contribution in [3.8, 4) is 5.75 Å². The lowest BCUT2D eigenvalue weighted by Gasteiger charge is -2.10. The lowest BCUT2D eigenvalue weighted by Crippen LogP contribution is -2.24. The van der Waals surface area contributed by atoms with Crippen LogP contribution >= 0.6 is 0 Å². The van der Waals surface area contributed by atoms with Gasteiger partial charge in [-0.3, -0.25) is 4.79 Å². The SMILES string of the molecule is CC(C)c1ccc(COc2cccn(CCN)c2=O)cc1. The second-order valence-corrected chi connectivity index (χ2v) is 5.34. The first kappa shape index (κ1) is 15.3. The highest BCUT2D eigenvalue weighted by Gasteiger charge is 2.05. The van der Waals surface area contributed by atoms with Gasteiger partial charge < -0.3 is 15.0 Å². The molecule has 0 saturated heterocycles. The molecule has 0 unspecified atom stereocenters. The van der Waals surface area contributed by atoms with Crippen molar-refractivity contribution >= 4 is 0 Å². The summed E-state index contributed by atoms with van der Waals surface area (Å²) in [4.78, 5) is 12.1. The lowest BCUT2D eigenvalue weighted by atomic mass is 10.0. The van der Waals surface area contributed by atoms with Crippen LogP contribution in [0.2, 0.25) is 0 Å². The second kappa shape index (κ2) is 7.09. The van der Waals surface area contributed by atoms with Gasteiger partial charge in [0.1, 0.15) is 6.61 Å². The molecule has 0 atom stereocenters. The highest BCUT2D eigenvalue weighted by molar-refractivity contribution is 5.25. The fourth-order valence-corrected chi connectivity index (χ4v) is 2.10. The molecule has 0 radical (unpaired) electrons. The topological polar surface area (TPSA) is 57.2 Å². The molecule has 0 aliphatic carbocycles. The van der Waals surface area contributed by atoms with E-state index in [1.165, 1.54) is 5.56 Å². The molecule has 21 heavy (non-hydrogen) atoms. The van der Waals surface area contributed by atoms with Crippen molar-refractivity contribution in [1.29, 1.82) is 0 Å². The van der Waals surface area contributed by atoms with Gasteiger partial charge in [-0.2, -0.15) is 0 Å². The van der Waals surface area contributed by atoms with Gasteiger partial charge >= 0.3 is 0 Å². The molecule has 1 aromatic heterocycles. The molecule has 1 heterocycles. The van der Waals surface area contributed by atoms with E-state index < -0.39 is 0 Å². The summed E-state index contributed by atoms with van der Waals surface area (Å²) < 4.78 is 7.20. The molecule has 0 aliphatic rings. The fraction of sp³-hybridized carbons (Fsp3) is 0.353. The number of nitrogens with zero attached hydrogens (tertiary/aromatic N) is 1. The average Bonchev–Trinajstić information content (AvgIpc) is 2.49. The molecule has 4 heteroatoms. The Bertz CT molecular complexity index is 630. The summed E-state index contributed by atoms with van der Waals surface area (Å²) in [5, 5.41) is 0. The molecular weight excluding hydrogens is 264 g/mol. The third-order valence-corrected chi connectivity index (χ3v) is 3.40. The van der Waals surface area contributed by atoms with E-state index in [4.69, 9.17) is 10.5 Å². The zero-order valence-electron chi connectivity index (χ0n) is 12.6. The number of hydrogen-bond acceptors (Lipinski definition) is 3. The van der Waals surface area contributed by atoms with Gasteiger partial charge in [0.2, 0.25) is 0 Å². The van der Waals surface area contributed by atoms with Gasteiger partial charge in [0, 0.05) is 19.3 Å². The van der Waals surface area contributed by atoms with E-state index in [0.29, 0.717) is 31.4 Å². The van der Waals surface area contributed by atoms with E-state index in [1.54, 1.807) is 22.9 Å². The van der Waals surface area contributed by atoms with Gasteiger partial charge in [0.25, 0.3) is 5.56 Å². The highest BCUT2D eigenvalue weighted by Crippen LogP contribution is 2.15. The smallest absolute Gasteiger partial charge is 0.292 e. The number of nitrogens with two attached hydrogens (primary N) is 1. The van der Waals surface area contributed by atoms with Crippen LogP contribution in [-0.4, -0.2) is 11.1 Å². The molecular formula is C17H22N2O2. The predicted molar refractivity (Wildman–Crippen MR) is 84.6 cm³/mol. The van der Waals surface area contributed by atoms with Crippen LogP contribution in [0.4, 0.5) is 0 Å². The van der Waals surface area contributed by atoms with Crippen molar-refractivity contribution in [2.24, 2.45) is 5.73 Å². The molecule has 0 amide bonds. The molecule has 0 bridgehead atoms. The summed E-state index contributed by atoms with van der Waals surface area (Å²) in [5.41, 5.74) is 7.69. The third-order valence-electron chi connectivity index (χ3n) is 3.40. The maximum Gasteiger partial charge on any atom is 0.292 e.